The fourth-order valence-corrected chi connectivity index (χ4v) is 6.89. The summed E-state index contributed by atoms with van der Waals surface area (Å²) in [7, 11) is -3.72. The molecule has 4 N–H and O–H groups in total. The van der Waals surface area contributed by atoms with E-state index in [0.29, 0.717) is 35.5 Å². The van der Waals surface area contributed by atoms with Crippen LogP contribution in [0, 0.1) is 12.3 Å². The minimum absolute atomic E-state index is 0.162. The monoisotopic (exact) mass is 700 g/mol. The van der Waals surface area contributed by atoms with Gasteiger partial charge in [0, 0.05) is 50.4 Å². The molecule has 0 unspecified atom stereocenters. The number of rotatable bonds is 8. The van der Waals surface area contributed by atoms with E-state index in [2.05, 4.69) is 24.9 Å². The van der Waals surface area contributed by atoms with Crippen LogP contribution in [0.5, 0.6) is 0 Å². The van der Waals surface area contributed by atoms with Crippen LogP contribution in [0.2, 0.25) is 0 Å². The van der Waals surface area contributed by atoms with Crippen molar-refractivity contribution in [2.45, 2.75) is 57.5 Å². The molecule has 3 heterocycles. The number of fused-ring (bicyclic) bond motifs is 1. The molecule has 0 amide bonds. The molecule has 2 aliphatic heterocycles. The molecule has 48 heavy (non-hydrogen) atoms. The zero-order valence-electron chi connectivity index (χ0n) is 26.2. The topological polar surface area (TPSA) is 148 Å². The number of nitrogens with zero attached hydrogens (tertiary/aromatic N) is 4. The number of piperidine rings is 2. The molecule has 3 aromatic rings. The third-order valence-corrected chi connectivity index (χ3v) is 10.2. The second-order valence-corrected chi connectivity index (χ2v) is 14.4. The first-order valence-corrected chi connectivity index (χ1v) is 17.1. The molecule has 3 fully saturated rings. The molecule has 0 atom stereocenters. The number of aliphatic carboxylic acids is 1. The van der Waals surface area contributed by atoms with Gasteiger partial charge in [-0.05, 0) is 73.9 Å². The predicted octanol–water partition coefficient (Wildman–Crippen LogP) is 5.67. The van der Waals surface area contributed by atoms with E-state index in [4.69, 9.17) is 9.90 Å². The summed E-state index contributed by atoms with van der Waals surface area (Å²) in [6.45, 7) is 3.79. The number of sulfonamides is 1. The third-order valence-electron chi connectivity index (χ3n) is 8.90. The second kappa shape index (κ2) is 13.5. The van der Waals surface area contributed by atoms with Crippen LogP contribution in [0.25, 0.3) is 10.9 Å². The van der Waals surface area contributed by atoms with Gasteiger partial charge in [0.15, 0.2) is 0 Å². The van der Waals surface area contributed by atoms with Crippen LogP contribution >= 0.6 is 0 Å². The molecule has 1 aliphatic carbocycles. The SMILES string of the molecule is Cc1cc(Nc2ncnc3cc(NS(=O)(=O)CCO)cc(N4CCC5(CC4)CC5)c23)cc(N2CCC(F)(F)CC2)c1.O=C(O)C(F)(F)F. The number of aliphatic hydroxyl groups is 1. The van der Waals surface area contributed by atoms with E-state index in [-0.39, 0.29) is 12.8 Å². The van der Waals surface area contributed by atoms with Crippen LogP contribution in [-0.4, -0.2) is 85.2 Å². The summed E-state index contributed by atoms with van der Waals surface area (Å²) >= 11 is 0. The molecule has 262 valence electrons. The summed E-state index contributed by atoms with van der Waals surface area (Å²) < 4.78 is 86.8. The van der Waals surface area contributed by atoms with Gasteiger partial charge in [0.1, 0.15) is 12.1 Å². The molecule has 0 radical (unpaired) electrons. The Morgan fingerprint density at radius 2 is 1.54 bits per heavy atom. The summed E-state index contributed by atoms with van der Waals surface area (Å²) in [5.41, 5.74) is 4.93. The first-order valence-electron chi connectivity index (χ1n) is 15.4. The summed E-state index contributed by atoms with van der Waals surface area (Å²) in [6.07, 6.45) is 0.740. The van der Waals surface area contributed by atoms with Crippen molar-refractivity contribution in [3.8, 4) is 0 Å². The number of carboxylic acid groups (broad SMARTS) is 1. The van der Waals surface area contributed by atoms with Gasteiger partial charge in [-0.25, -0.2) is 32.0 Å². The number of anilines is 5. The second-order valence-electron chi connectivity index (χ2n) is 12.6. The standard InChI is InChI=1S/C29H36F2N6O3S.C2HF3O2/c1-20-14-21(16-23(15-20)36-10-6-29(30,31)7-11-36)34-27-26-24(32-19-33-27)17-22(35-41(39,40)13-12-38)18-25(26)37-8-4-28(2-3-28)5-9-37;3-2(4,5)1(6)7/h14-19,35,38H,2-13H2,1H3,(H,32,33,34);(H,6,7). The lowest BCUT2D eigenvalue weighted by Gasteiger charge is -2.35. The van der Waals surface area contributed by atoms with E-state index in [9.17, 15) is 35.5 Å². The zero-order valence-corrected chi connectivity index (χ0v) is 27.0. The number of carbonyl (C=O) groups is 1. The van der Waals surface area contributed by atoms with Crippen molar-refractivity contribution in [1.82, 2.24) is 9.97 Å². The average molecular weight is 701 g/mol. The van der Waals surface area contributed by atoms with Crippen molar-refractivity contribution in [3.05, 3.63) is 42.2 Å². The number of aryl methyl sites for hydroxylation is 1. The Balaban J connectivity index is 0.000000582. The Bertz CT molecular complexity index is 1750. The molecule has 2 aromatic carbocycles. The first-order chi connectivity index (χ1) is 22.5. The zero-order chi connectivity index (χ0) is 34.9. The maximum absolute atomic E-state index is 13.8. The molecule has 11 nitrogen and oxygen atoms in total. The smallest absolute Gasteiger partial charge is 0.475 e. The molecule has 2 saturated heterocycles. The van der Waals surface area contributed by atoms with Crippen LogP contribution in [-0.2, 0) is 14.8 Å². The number of hydrogen-bond acceptors (Lipinski definition) is 9. The van der Waals surface area contributed by atoms with Crippen LogP contribution < -0.4 is 19.8 Å². The highest BCUT2D eigenvalue weighted by atomic mass is 32.2. The number of halogens is 5. The molecule has 3 aliphatic rings. The summed E-state index contributed by atoms with van der Waals surface area (Å²) in [5, 5.41) is 20.6. The Labute approximate surface area is 274 Å². The molecular weight excluding hydrogens is 663 g/mol. The van der Waals surface area contributed by atoms with Crippen molar-refractivity contribution >= 4 is 55.5 Å². The van der Waals surface area contributed by atoms with Gasteiger partial charge in [-0.15, -0.1) is 0 Å². The highest BCUT2D eigenvalue weighted by Crippen LogP contribution is 2.54. The van der Waals surface area contributed by atoms with Crippen LogP contribution in [0.3, 0.4) is 0 Å². The van der Waals surface area contributed by atoms with Crippen LogP contribution in [0.15, 0.2) is 36.7 Å². The number of nitrogens with one attached hydrogen (secondary N) is 2. The minimum atomic E-state index is -5.08. The van der Waals surface area contributed by atoms with Crippen molar-refractivity contribution in [1.29, 1.82) is 0 Å². The number of alkyl halides is 5. The summed E-state index contributed by atoms with van der Waals surface area (Å²) in [6, 6.07) is 9.46. The number of benzene rings is 2. The highest BCUT2D eigenvalue weighted by molar-refractivity contribution is 7.92. The Morgan fingerprint density at radius 3 is 2.12 bits per heavy atom. The van der Waals surface area contributed by atoms with Crippen LogP contribution in [0.1, 0.15) is 44.1 Å². The third kappa shape index (κ3) is 8.72. The number of carboxylic acids is 1. The van der Waals surface area contributed by atoms with E-state index >= 15 is 0 Å². The molecule has 17 heteroatoms. The molecule has 1 spiro atoms. The highest BCUT2D eigenvalue weighted by Gasteiger charge is 2.44. The van der Waals surface area contributed by atoms with Gasteiger partial charge < -0.3 is 25.3 Å². The Hall–Kier alpha value is -3.99. The van der Waals surface area contributed by atoms with E-state index in [1.165, 1.54) is 19.2 Å². The maximum Gasteiger partial charge on any atom is 0.490 e. The van der Waals surface area contributed by atoms with Crippen molar-refractivity contribution in [2.75, 3.05) is 58.4 Å². The van der Waals surface area contributed by atoms with Gasteiger partial charge in [-0.2, -0.15) is 13.2 Å². The normalized spacial score (nSPS) is 18.6. The molecule has 1 saturated carbocycles. The predicted molar refractivity (Wildman–Crippen MR) is 172 cm³/mol. The van der Waals surface area contributed by atoms with Crippen molar-refractivity contribution in [3.63, 3.8) is 0 Å². The molecule has 1 aromatic heterocycles. The van der Waals surface area contributed by atoms with Crippen molar-refractivity contribution in [2.24, 2.45) is 5.41 Å². The Morgan fingerprint density at radius 1 is 0.917 bits per heavy atom. The van der Waals surface area contributed by atoms with Gasteiger partial charge in [0.05, 0.1) is 34.6 Å². The minimum Gasteiger partial charge on any atom is -0.475 e. The lowest BCUT2D eigenvalue weighted by molar-refractivity contribution is -0.192. The van der Waals surface area contributed by atoms with E-state index in [1.807, 2.05) is 36.1 Å². The lowest BCUT2D eigenvalue weighted by Crippen LogP contribution is -2.39. The average Bonchev–Trinajstić information content (AvgIpc) is 3.75. The number of aromatic nitrogens is 2. The molecular formula is C31H37F5N6O5S. The maximum atomic E-state index is 13.8. The van der Waals surface area contributed by atoms with Gasteiger partial charge >= 0.3 is 12.1 Å². The molecule has 0 bridgehead atoms. The number of hydrogen-bond donors (Lipinski definition) is 4. The van der Waals surface area contributed by atoms with E-state index in [1.54, 1.807) is 6.07 Å². The van der Waals surface area contributed by atoms with Crippen LogP contribution in [0.4, 0.5) is 50.5 Å². The molecule has 6 rings (SSSR count). The summed E-state index contributed by atoms with van der Waals surface area (Å²) in [5.74, 6) is -5.18. The van der Waals surface area contributed by atoms with Crippen molar-refractivity contribution < 1.29 is 45.4 Å². The quantitative estimate of drug-likeness (QED) is 0.217. The fraction of sp³-hybridized carbons (Fsp3) is 0.516. The fourth-order valence-electron chi connectivity index (χ4n) is 6.07. The summed E-state index contributed by atoms with van der Waals surface area (Å²) in [4.78, 5) is 22.3. The Kier molecular flexibility index (Phi) is 9.93. The van der Waals surface area contributed by atoms with E-state index in [0.717, 1.165) is 53.9 Å². The lowest BCUT2D eigenvalue weighted by atomic mass is 9.93. The number of aliphatic hydroxyl groups excluding tert-OH is 1. The van der Waals surface area contributed by atoms with Gasteiger partial charge in [-0.1, -0.05) is 0 Å². The van der Waals surface area contributed by atoms with E-state index < -0.39 is 40.5 Å². The largest absolute Gasteiger partial charge is 0.490 e. The van der Waals surface area contributed by atoms with Gasteiger partial charge in [0.2, 0.25) is 10.0 Å². The van der Waals surface area contributed by atoms with Gasteiger partial charge in [-0.3, -0.25) is 4.72 Å². The first kappa shape index (κ1) is 35.3. The van der Waals surface area contributed by atoms with Gasteiger partial charge in [0.25, 0.3) is 5.92 Å².